The van der Waals surface area contributed by atoms with E-state index in [-0.39, 0.29) is 0 Å². The van der Waals surface area contributed by atoms with E-state index in [0.717, 1.165) is 37.5 Å². The van der Waals surface area contributed by atoms with Crippen LogP contribution >= 0.6 is 11.6 Å². The molecule has 104 valence electrons. The van der Waals surface area contributed by atoms with Gasteiger partial charge in [-0.2, -0.15) is 0 Å². The van der Waals surface area contributed by atoms with Crippen LogP contribution in [-0.2, 0) is 0 Å². The highest BCUT2D eigenvalue weighted by atomic mass is 35.5. The summed E-state index contributed by atoms with van der Waals surface area (Å²) in [7, 11) is 0. The van der Waals surface area contributed by atoms with Gasteiger partial charge in [-0.3, -0.25) is 0 Å². The van der Waals surface area contributed by atoms with Gasteiger partial charge in [0, 0.05) is 18.1 Å². The van der Waals surface area contributed by atoms with Crippen molar-refractivity contribution < 1.29 is 9.90 Å². The van der Waals surface area contributed by atoms with Crippen LogP contribution in [0.15, 0.2) is 18.2 Å². The number of carbonyl (C=O) groups is 1. The second kappa shape index (κ2) is 6.29. The van der Waals surface area contributed by atoms with Gasteiger partial charge in [0.1, 0.15) is 0 Å². The highest BCUT2D eigenvalue weighted by Crippen LogP contribution is 2.28. The lowest BCUT2D eigenvalue weighted by molar-refractivity contribution is 0.0697. The molecule has 1 unspecified atom stereocenters. The Labute approximate surface area is 119 Å². The van der Waals surface area contributed by atoms with Gasteiger partial charge in [-0.15, -0.1) is 0 Å². The Morgan fingerprint density at radius 1 is 1.42 bits per heavy atom. The first-order valence-electron chi connectivity index (χ1n) is 6.89. The van der Waals surface area contributed by atoms with Crippen LogP contribution in [0.2, 0.25) is 5.02 Å². The Balaban J connectivity index is 2.23. The summed E-state index contributed by atoms with van der Waals surface area (Å²) in [5, 5.41) is 9.78. The molecule has 1 aliphatic heterocycles. The first-order chi connectivity index (χ1) is 9.11. The van der Waals surface area contributed by atoms with Gasteiger partial charge in [0.05, 0.1) is 11.3 Å². The normalized spacial score (nSPS) is 20.1. The van der Waals surface area contributed by atoms with Crippen molar-refractivity contribution in [3.63, 3.8) is 0 Å². The van der Waals surface area contributed by atoms with Gasteiger partial charge < -0.3 is 10.0 Å². The number of carboxylic acids is 1. The highest BCUT2D eigenvalue weighted by Gasteiger charge is 2.20. The minimum absolute atomic E-state index is 0.308. The van der Waals surface area contributed by atoms with Gasteiger partial charge in [-0.05, 0) is 43.4 Å². The molecule has 1 aliphatic rings. The van der Waals surface area contributed by atoms with Crippen LogP contribution in [0.25, 0.3) is 0 Å². The molecular weight excluding hydrogens is 262 g/mol. The largest absolute Gasteiger partial charge is 0.478 e. The van der Waals surface area contributed by atoms with E-state index in [0.29, 0.717) is 10.6 Å². The van der Waals surface area contributed by atoms with E-state index < -0.39 is 5.97 Å². The molecule has 1 aromatic rings. The van der Waals surface area contributed by atoms with Crippen molar-refractivity contribution in [1.29, 1.82) is 0 Å². The summed E-state index contributed by atoms with van der Waals surface area (Å²) in [6, 6.07) is 5.14. The van der Waals surface area contributed by atoms with Gasteiger partial charge in [0.2, 0.25) is 0 Å². The Morgan fingerprint density at radius 3 is 2.89 bits per heavy atom. The minimum atomic E-state index is -0.909. The van der Waals surface area contributed by atoms with Crippen LogP contribution in [-0.4, -0.2) is 24.2 Å². The molecule has 1 atom stereocenters. The molecule has 0 amide bonds. The summed E-state index contributed by atoms with van der Waals surface area (Å²) in [5.74, 6) is -0.139. The van der Waals surface area contributed by atoms with Gasteiger partial charge in [-0.1, -0.05) is 24.9 Å². The van der Waals surface area contributed by atoms with Crippen molar-refractivity contribution in [3.8, 4) is 0 Å². The van der Waals surface area contributed by atoms with Crippen molar-refractivity contribution in [2.24, 2.45) is 5.92 Å². The zero-order valence-electron chi connectivity index (χ0n) is 11.2. The molecule has 0 aliphatic carbocycles. The number of halogens is 1. The molecule has 1 N–H and O–H groups in total. The standard InChI is InChI=1S/C15H20ClNO2/c1-2-11-4-3-8-17(9-7-11)14-6-5-12(16)10-13(14)15(18)19/h5-6,10-11H,2-4,7-9H2,1H3,(H,18,19). The van der Waals surface area contributed by atoms with E-state index in [9.17, 15) is 9.90 Å². The summed E-state index contributed by atoms with van der Waals surface area (Å²) in [5.41, 5.74) is 1.11. The molecule has 0 saturated carbocycles. The average molecular weight is 282 g/mol. The number of carboxylic acid groups (broad SMARTS) is 1. The monoisotopic (exact) mass is 281 g/mol. The highest BCUT2D eigenvalue weighted by molar-refractivity contribution is 6.31. The van der Waals surface area contributed by atoms with Crippen molar-refractivity contribution in [1.82, 2.24) is 0 Å². The van der Waals surface area contributed by atoms with E-state index >= 15 is 0 Å². The maximum absolute atomic E-state index is 11.3. The van der Waals surface area contributed by atoms with Crippen molar-refractivity contribution >= 4 is 23.3 Å². The quantitative estimate of drug-likeness (QED) is 0.908. The molecule has 0 spiro atoms. The summed E-state index contributed by atoms with van der Waals surface area (Å²) in [4.78, 5) is 13.5. The maximum Gasteiger partial charge on any atom is 0.337 e. The first-order valence-corrected chi connectivity index (χ1v) is 7.27. The van der Waals surface area contributed by atoms with Crippen LogP contribution in [0.5, 0.6) is 0 Å². The molecule has 1 fully saturated rings. The zero-order chi connectivity index (χ0) is 13.8. The number of hydrogen-bond donors (Lipinski definition) is 1. The van der Waals surface area contributed by atoms with Gasteiger partial charge >= 0.3 is 5.97 Å². The lowest BCUT2D eigenvalue weighted by Crippen LogP contribution is -2.26. The lowest BCUT2D eigenvalue weighted by atomic mass is 9.98. The molecule has 4 heteroatoms. The molecule has 1 saturated heterocycles. The molecule has 2 rings (SSSR count). The average Bonchev–Trinajstić information content (AvgIpc) is 2.63. The van der Waals surface area contributed by atoms with Crippen molar-refractivity contribution in [2.45, 2.75) is 32.6 Å². The van der Waals surface area contributed by atoms with E-state index in [2.05, 4.69) is 11.8 Å². The maximum atomic E-state index is 11.3. The van der Waals surface area contributed by atoms with Crippen LogP contribution in [0.4, 0.5) is 5.69 Å². The Morgan fingerprint density at radius 2 is 2.21 bits per heavy atom. The smallest absolute Gasteiger partial charge is 0.337 e. The molecule has 1 aromatic carbocycles. The van der Waals surface area contributed by atoms with Gasteiger partial charge in [0.25, 0.3) is 0 Å². The van der Waals surface area contributed by atoms with Crippen LogP contribution in [0.1, 0.15) is 43.0 Å². The summed E-state index contributed by atoms with van der Waals surface area (Å²) >= 11 is 5.90. The first kappa shape index (κ1) is 14.2. The second-order valence-corrected chi connectivity index (χ2v) is 5.60. The van der Waals surface area contributed by atoms with E-state index in [1.54, 1.807) is 12.1 Å². The molecule has 0 aromatic heterocycles. The minimum Gasteiger partial charge on any atom is -0.478 e. The lowest BCUT2D eigenvalue weighted by Gasteiger charge is -2.24. The third kappa shape index (κ3) is 3.41. The Hall–Kier alpha value is -1.22. The number of aromatic carboxylic acids is 1. The van der Waals surface area contributed by atoms with Crippen molar-refractivity contribution in [3.05, 3.63) is 28.8 Å². The fourth-order valence-corrected chi connectivity index (χ4v) is 2.94. The number of nitrogens with zero attached hydrogens (tertiary/aromatic N) is 1. The number of benzene rings is 1. The van der Waals surface area contributed by atoms with E-state index in [4.69, 9.17) is 11.6 Å². The molecule has 19 heavy (non-hydrogen) atoms. The van der Waals surface area contributed by atoms with Gasteiger partial charge in [0.15, 0.2) is 0 Å². The number of hydrogen-bond acceptors (Lipinski definition) is 2. The third-order valence-corrected chi connectivity index (χ3v) is 4.19. The summed E-state index contributed by atoms with van der Waals surface area (Å²) in [6.07, 6.45) is 4.71. The SMILES string of the molecule is CCC1CCCN(c2ccc(Cl)cc2C(=O)O)CC1. The molecule has 0 radical (unpaired) electrons. The Bertz CT molecular complexity index is 461. The van der Waals surface area contributed by atoms with Crippen LogP contribution in [0, 0.1) is 5.92 Å². The van der Waals surface area contributed by atoms with Crippen LogP contribution < -0.4 is 4.90 Å². The topological polar surface area (TPSA) is 40.5 Å². The predicted molar refractivity (Wildman–Crippen MR) is 78.3 cm³/mol. The van der Waals surface area contributed by atoms with Gasteiger partial charge in [-0.25, -0.2) is 4.79 Å². The molecule has 1 heterocycles. The number of anilines is 1. The summed E-state index contributed by atoms with van der Waals surface area (Å²) < 4.78 is 0. The predicted octanol–water partition coefficient (Wildman–Crippen LogP) is 4.05. The molecule has 3 nitrogen and oxygen atoms in total. The summed E-state index contributed by atoms with van der Waals surface area (Å²) in [6.45, 7) is 4.09. The third-order valence-electron chi connectivity index (χ3n) is 3.95. The fraction of sp³-hybridized carbons (Fsp3) is 0.533. The zero-order valence-corrected chi connectivity index (χ0v) is 12.0. The second-order valence-electron chi connectivity index (χ2n) is 5.16. The Kier molecular flexibility index (Phi) is 4.70. The van der Waals surface area contributed by atoms with Crippen LogP contribution in [0.3, 0.4) is 0 Å². The fourth-order valence-electron chi connectivity index (χ4n) is 2.77. The molecule has 0 bridgehead atoms. The number of rotatable bonds is 3. The van der Waals surface area contributed by atoms with E-state index in [1.165, 1.54) is 12.8 Å². The molecular formula is C15H20ClNO2. The van der Waals surface area contributed by atoms with Crippen molar-refractivity contribution in [2.75, 3.05) is 18.0 Å². The van der Waals surface area contributed by atoms with E-state index in [1.807, 2.05) is 6.07 Å².